The first-order valence-electron chi connectivity index (χ1n) is 10.7. The largest absolute Gasteiger partial charge is 0.743 e. The van der Waals surface area contributed by atoms with E-state index in [2.05, 4.69) is 95.5 Å². The van der Waals surface area contributed by atoms with Gasteiger partial charge < -0.3 is 14.6 Å². The second kappa shape index (κ2) is 11.1. The van der Waals surface area contributed by atoms with Crippen molar-refractivity contribution in [3.63, 3.8) is 0 Å². The highest BCUT2D eigenvalue weighted by atomic mass is 32.2. The van der Waals surface area contributed by atoms with Crippen LogP contribution >= 0.6 is 0 Å². The number of fused-ring (bicyclic) bond motifs is 2. The van der Waals surface area contributed by atoms with Crippen LogP contribution in [0.5, 0.6) is 0 Å². The van der Waals surface area contributed by atoms with Gasteiger partial charge in [-0.2, -0.15) is 22.0 Å². The fraction of sp³-hybridized carbons (Fsp3) is 0.160. The van der Waals surface area contributed by atoms with Crippen LogP contribution in [0.25, 0.3) is 0 Å². The lowest BCUT2D eigenvalue weighted by Crippen LogP contribution is -2.52. The summed E-state index contributed by atoms with van der Waals surface area (Å²) in [5, 5.41) is -2.29. The number of para-hydroxylation sites is 2. The fourth-order valence-corrected chi connectivity index (χ4v) is 5.96. The first-order chi connectivity index (χ1) is 17.6. The lowest BCUT2D eigenvalue weighted by molar-refractivity contribution is -0.257. The molecule has 3 aromatic rings. The first-order valence-corrected chi connectivity index (χ1v) is 13.3. The molecular formula is C25H20F5NO5S2. The van der Waals surface area contributed by atoms with Crippen molar-refractivity contribution in [2.24, 2.45) is 0 Å². The van der Waals surface area contributed by atoms with E-state index in [1.807, 2.05) is 0 Å². The van der Waals surface area contributed by atoms with Crippen molar-refractivity contribution in [1.29, 1.82) is 0 Å². The topological polar surface area (TPSA) is 95.5 Å². The molecule has 1 unspecified atom stereocenters. The van der Waals surface area contributed by atoms with E-state index in [1.54, 1.807) is 0 Å². The molecule has 1 aliphatic rings. The Kier molecular flexibility index (Phi) is 8.54. The van der Waals surface area contributed by atoms with Crippen molar-refractivity contribution in [1.82, 2.24) is 0 Å². The summed E-state index contributed by atoms with van der Waals surface area (Å²) in [4.78, 5) is 14.8. The van der Waals surface area contributed by atoms with Gasteiger partial charge in [0.1, 0.15) is 10.9 Å². The SMILES string of the molecule is C=C(C)C(=O)OC(C(F)(F)F)C(F)(F)S(=O)(=O)[O-].c1ccc([S+]2c3ccccc3Nc3ccccc32)cc1. The Bertz CT molecular complexity index is 1380. The van der Waals surface area contributed by atoms with Gasteiger partial charge in [0.05, 0.1) is 11.4 Å². The molecule has 13 heteroatoms. The van der Waals surface area contributed by atoms with Crippen LogP contribution in [0.4, 0.5) is 33.3 Å². The van der Waals surface area contributed by atoms with Crippen molar-refractivity contribution in [2.45, 2.75) is 39.1 Å². The molecule has 0 aromatic heterocycles. The molecule has 6 nitrogen and oxygen atoms in total. The minimum absolute atomic E-state index is 0.0204. The van der Waals surface area contributed by atoms with Gasteiger partial charge in [-0.3, -0.25) is 0 Å². The van der Waals surface area contributed by atoms with Crippen LogP contribution in [0, 0.1) is 0 Å². The standard InChI is InChI=1S/C18H14NS.C7H7F5O5S/c1-2-8-14(9-3-1)20-17-12-6-4-10-15(17)19-16-11-5-7-13-18(16)20;1-3(2)4(13)17-5(6(8,9)10)7(11,12)18(14,15)16/h1-13,19H;5H,1H2,2H3,(H,14,15,16)/q+1;/p-1. The Hall–Kier alpha value is -3.42. The number of ether oxygens (including phenoxy) is 1. The normalized spacial score (nSPS) is 14.1. The number of benzene rings is 3. The molecule has 0 saturated heterocycles. The van der Waals surface area contributed by atoms with Gasteiger partial charge >= 0.3 is 17.4 Å². The van der Waals surface area contributed by atoms with Gasteiger partial charge in [0.2, 0.25) is 0 Å². The summed E-state index contributed by atoms with van der Waals surface area (Å²) < 4.78 is 95.6. The van der Waals surface area contributed by atoms with Gasteiger partial charge in [-0.05, 0) is 43.3 Å². The van der Waals surface area contributed by atoms with Crippen molar-refractivity contribution in [3.8, 4) is 0 Å². The number of carbonyl (C=O) groups excluding carboxylic acids is 1. The Morgan fingerprint density at radius 2 is 1.34 bits per heavy atom. The number of alkyl halides is 5. The smallest absolute Gasteiger partial charge is 0.432 e. The van der Waals surface area contributed by atoms with Crippen LogP contribution in [0.15, 0.2) is 106 Å². The van der Waals surface area contributed by atoms with Gasteiger partial charge in [0.25, 0.3) is 6.10 Å². The average molecular weight is 574 g/mol. The third-order valence-corrected chi connectivity index (χ3v) is 8.19. The predicted octanol–water partition coefficient (Wildman–Crippen LogP) is 6.01. The Labute approximate surface area is 218 Å². The maximum atomic E-state index is 12.8. The van der Waals surface area contributed by atoms with E-state index in [9.17, 15) is 39.7 Å². The molecule has 0 fully saturated rings. The average Bonchev–Trinajstić information content (AvgIpc) is 2.85. The molecule has 0 saturated carbocycles. The second-order valence-corrected chi connectivity index (χ2v) is 11.3. The van der Waals surface area contributed by atoms with Crippen LogP contribution in [0.1, 0.15) is 6.92 Å². The number of anilines is 2. The third-order valence-electron chi connectivity index (χ3n) is 4.97. The van der Waals surface area contributed by atoms with Crippen LogP contribution in [-0.4, -0.2) is 36.5 Å². The Morgan fingerprint density at radius 3 is 1.76 bits per heavy atom. The Morgan fingerprint density at radius 1 is 0.895 bits per heavy atom. The molecule has 1 atom stereocenters. The molecule has 38 heavy (non-hydrogen) atoms. The zero-order valence-corrected chi connectivity index (χ0v) is 21.2. The molecular weight excluding hydrogens is 553 g/mol. The molecule has 202 valence electrons. The third kappa shape index (κ3) is 6.34. The van der Waals surface area contributed by atoms with Crippen LogP contribution < -0.4 is 5.32 Å². The predicted molar refractivity (Wildman–Crippen MR) is 130 cm³/mol. The molecule has 1 N–H and O–H groups in total. The summed E-state index contributed by atoms with van der Waals surface area (Å²) in [6, 6.07) is 28.0. The quantitative estimate of drug-likeness (QED) is 0.103. The first kappa shape index (κ1) is 29.1. The van der Waals surface area contributed by atoms with E-state index < -0.39 is 39.2 Å². The number of carbonyl (C=O) groups is 1. The van der Waals surface area contributed by atoms with Crippen molar-refractivity contribution < 1.29 is 44.5 Å². The lowest BCUT2D eigenvalue weighted by atomic mass is 10.2. The lowest BCUT2D eigenvalue weighted by Gasteiger charge is -2.29. The van der Waals surface area contributed by atoms with E-state index in [0.29, 0.717) is 0 Å². The van der Waals surface area contributed by atoms with Crippen molar-refractivity contribution >= 4 is 38.4 Å². The zero-order valence-electron chi connectivity index (χ0n) is 19.5. The van der Waals surface area contributed by atoms with Crippen LogP contribution in [-0.2, 0) is 30.5 Å². The van der Waals surface area contributed by atoms with E-state index in [0.717, 1.165) is 6.92 Å². The van der Waals surface area contributed by atoms with E-state index in [1.165, 1.54) is 26.1 Å². The summed E-state index contributed by atoms with van der Waals surface area (Å²) >= 11 is 0. The maximum Gasteiger partial charge on any atom is 0.432 e. The molecule has 1 heterocycles. The van der Waals surface area contributed by atoms with E-state index >= 15 is 0 Å². The van der Waals surface area contributed by atoms with Gasteiger partial charge in [-0.25, -0.2) is 13.2 Å². The summed E-state index contributed by atoms with van der Waals surface area (Å²) in [7, 11) is -6.69. The fourth-order valence-electron chi connectivity index (χ4n) is 3.23. The molecule has 1 aliphatic heterocycles. The van der Waals surface area contributed by atoms with Crippen LogP contribution in [0.3, 0.4) is 0 Å². The van der Waals surface area contributed by atoms with E-state index in [4.69, 9.17) is 0 Å². The highest BCUT2D eigenvalue weighted by Crippen LogP contribution is 2.44. The summed E-state index contributed by atoms with van der Waals surface area (Å²) in [5.41, 5.74) is 1.76. The van der Waals surface area contributed by atoms with Crippen LogP contribution in [0.2, 0.25) is 0 Å². The maximum absolute atomic E-state index is 12.8. The van der Waals surface area contributed by atoms with Gasteiger partial charge in [-0.1, -0.05) is 49.0 Å². The molecule has 4 rings (SSSR count). The molecule has 0 radical (unpaired) electrons. The molecule has 0 spiro atoms. The Balaban J connectivity index is 0.000000213. The summed E-state index contributed by atoms with van der Waals surface area (Å²) in [6.07, 6.45) is -10.3. The molecule has 0 bridgehead atoms. The number of halogens is 5. The molecule has 3 aromatic carbocycles. The number of rotatable bonds is 5. The molecule has 0 aliphatic carbocycles. The highest BCUT2D eigenvalue weighted by molar-refractivity contribution is 7.97. The second-order valence-electron chi connectivity index (χ2n) is 7.86. The summed E-state index contributed by atoms with van der Waals surface area (Å²) in [6.45, 7) is 3.67. The van der Waals surface area contributed by atoms with E-state index in [-0.39, 0.29) is 10.9 Å². The van der Waals surface area contributed by atoms with Crippen molar-refractivity contribution in [2.75, 3.05) is 5.32 Å². The molecule has 0 amide bonds. The minimum Gasteiger partial charge on any atom is -0.743 e. The van der Waals surface area contributed by atoms with Gasteiger partial charge in [0, 0.05) is 5.57 Å². The van der Waals surface area contributed by atoms with Gasteiger partial charge in [-0.15, -0.1) is 0 Å². The monoisotopic (exact) mass is 573 g/mol. The van der Waals surface area contributed by atoms with Gasteiger partial charge in [0.15, 0.2) is 24.8 Å². The van der Waals surface area contributed by atoms with Crippen molar-refractivity contribution in [3.05, 3.63) is 91.0 Å². The highest BCUT2D eigenvalue weighted by Gasteiger charge is 2.62. The number of hydrogen-bond acceptors (Lipinski definition) is 6. The number of esters is 1. The zero-order chi connectivity index (χ0) is 28.3. The minimum atomic E-state index is -6.67. The summed E-state index contributed by atoms with van der Waals surface area (Å²) in [5.74, 6) is -1.90. The number of hydrogen-bond donors (Lipinski definition) is 1. The number of nitrogens with one attached hydrogen (secondary N) is 1.